The zero-order chi connectivity index (χ0) is 18.4. The van der Waals surface area contributed by atoms with Crippen LogP contribution in [0.5, 0.6) is 0 Å². The number of carbonyl (C=O) groups excluding carboxylic acids is 1. The van der Waals surface area contributed by atoms with Crippen LogP contribution in [0.3, 0.4) is 0 Å². The summed E-state index contributed by atoms with van der Waals surface area (Å²) in [5.74, 6) is 0.742. The fourth-order valence-corrected chi connectivity index (χ4v) is 3.67. The standard InChI is InChI=1S/C20H21N5O2/c1-13-2-5-15(8-21-13)20(26)24-7-6-18-16(10-24)19(17-11-27-12-22-17)23-25(18)9-14-3-4-14/h2,5,8,11-12,14H,3-4,6-7,9-10H2,1H3. The molecule has 27 heavy (non-hydrogen) atoms. The number of pyridine rings is 1. The smallest absolute Gasteiger partial charge is 0.255 e. The number of aryl methyl sites for hydroxylation is 1. The third kappa shape index (κ3) is 3.03. The molecule has 0 aromatic carbocycles. The van der Waals surface area contributed by atoms with E-state index in [1.54, 1.807) is 12.5 Å². The second-order valence-electron chi connectivity index (χ2n) is 7.44. The van der Waals surface area contributed by atoms with Crippen LogP contribution in [0.2, 0.25) is 0 Å². The molecule has 3 aromatic heterocycles. The minimum Gasteiger partial charge on any atom is -0.451 e. The molecular formula is C20H21N5O2. The van der Waals surface area contributed by atoms with Gasteiger partial charge in [0, 0.05) is 42.7 Å². The summed E-state index contributed by atoms with van der Waals surface area (Å²) < 4.78 is 7.30. The summed E-state index contributed by atoms with van der Waals surface area (Å²) in [6.07, 6.45) is 8.05. The van der Waals surface area contributed by atoms with Crippen LogP contribution in [-0.2, 0) is 19.5 Å². The van der Waals surface area contributed by atoms with Gasteiger partial charge >= 0.3 is 0 Å². The van der Waals surface area contributed by atoms with Crippen molar-refractivity contribution in [1.82, 2.24) is 24.6 Å². The van der Waals surface area contributed by atoms with Crippen molar-refractivity contribution in [3.8, 4) is 11.4 Å². The Labute approximate surface area is 157 Å². The lowest BCUT2D eigenvalue weighted by atomic mass is 10.0. The number of fused-ring (bicyclic) bond motifs is 1. The first-order chi connectivity index (χ1) is 13.2. The molecule has 5 rings (SSSR count). The minimum absolute atomic E-state index is 0.00851. The van der Waals surface area contributed by atoms with Gasteiger partial charge in [-0.2, -0.15) is 5.10 Å². The summed E-state index contributed by atoms with van der Waals surface area (Å²) >= 11 is 0. The number of hydrogen-bond donors (Lipinski definition) is 0. The molecule has 1 aliphatic carbocycles. The topological polar surface area (TPSA) is 77.0 Å². The number of hydrogen-bond acceptors (Lipinski definition) is 5. The maximum atomic E-state index is 12.9. The molecule has 1 amide bonds. The molecule has 0 unspecified atom stereocenters. The fraction of sp³-hybridized carbons (Fsp3) is 0.400. The van der Waals surface area contributed by atoms with Crippen molar-refractivity contribution in [2.24, 2.45) is 5.92 Å². The molecule has 0 saturated heterocycles. The molecule has 7 nitrogen and oxygen atoms in total. The number of amides is 1. The lowest BCUT2D eigenvalue weighted by Gasteiger charge is -2.28. The van der Waals surface area contributed by atoms with E-state index in [1.807, 2.05) is 24.0 Å². The lowest BCUT2D eigenvalue weighted by Crippen LogP contribution is -2.36. The van der Waals surface area contributed by atoms with E-state index in [4.69, 9.17) is 9.52 Å². The zero-order valence-electron chi connectivity index (χ0n) is 15.3. The normalized spacial score (nSPS) is 16.4. The number of carbonyl (C=O) groups is 1. The highest BCUT2D eigenvalue weighted by Gasteiger charge is 2.31. The van der Waals surface area contributed by atoms with E-state index in [9.17, 15) is 4.79 Å². The molecule has 0 spiro atoms. The van der Waals surface area contributed by atoms with Crippen molar-refractivity contribution in [3.63, 3.8) is 0 Å². The Balaban J connectivity index is 1.47. The molecule has 0 bridgehead atoms. The number of rotatable bonds is 4. The number of aromatic nitrogens is 4. The third-order valence-electron chi connectivity index (χ3n) is 5.38. The van der Waals surface area contributed by atoms with Crippen molar-refractivity contribution in [2.45, 2.75) is 39.3 Å². The monoisotopic (exact) mass is 363 g/mol. The van der Waals surface area contributed by atoms with Gasteiger partial charge in [-0.25, -0.2) is 4.98 Å². The van der Waals surface area contributed by atoms with Gasteiger partial charge in [0.1, 0.15) is 17.7 Å². The van der Waals surface area contributed by atoms with Crippen LogP contribution in [0, 0.1) is 12.8 Å². The van der Waals surface area contributed by atoms with Gasteiger partial charge in [0.25, 0.3) is 5.91 Å². The second-order valence-corrected chi connectivity index (χ2v) is 7.44. The Morgan fingerprint density at radius 1 is 1.30 bits per heavy atom. The molecular weight excluding hydrogens is 342 g/mol. The van der Waals surface area contributed by atoms with Crippen LogP contribution in [0.25, 0.3) is 11.4 Å². The van der Waals surface area contributed by atoms with E-state index < -0.39 is 0 Å². The minimum atomic E-state index is 0.00851. The molecule has 3 aromatic rings. The quantitative estimate of drug-likeness (QED) is 0.712. The molecule has 1 fully saturated rings. The van der Waals surface area contributed by atoms with Crippen molar-refractivity contribution >= 4 is 5.91 Å². The van der Waals surface area contributed by atoms with Gasteiger partial charge in [0.15, 0.2) is 6.39 Å². The summed E-state index contributed by atoms with van der Waals surface area (Å²) in [6.45, 7) is 4.10. The van der Waals surface area contributed by atoms with E-state index in [2.05, 4.69) is 14.6 Å². The summed E-state index contributed by atoms with van der Waals surface area (Å²) in [4.78, 5) is 23.4. The Morgan fingerprint density at radius 2 is 2.19 bits per heavy atom. The second kappa shape index (κ2) is 6.33. The zero-order valence-corrected chi connectivity index (χ0v) is 15.3. The predicted octanol–water partition coefficient (Wildman–Crippen LogP) is 2.85. The van der Waals surface area contributed by atoms with E-state index in [0.717, 1.165) is 41.5 Å². The van der Waals surface area contributed by atoms with Gasteiger partial charge in [-0.3, -0.25) is 14.5 Å². The van der Waals surface area contributed by atoms with Crippen LogP contribution in [0.1, 0.15) is 40.2 Å². The predicted molar refractivity (Wildman–Crippen MR) is 97.9 cm³/mol. The van der Waals surface area contributed by atoms with Gasteiger partial charge in [-0.1, -0.05) is 0 Å². The highest BCUT2D eigenvalue weighted by atomic mass is 16.3. The van der Waals surface area contributed by atoms with Crippen LogP contribution < -0.4 is 0 Å². The molecule has 1 saturated carbocycles. The Bertz CT molecular complexity index is 971. The first-order valence-electron chi connectivity index (χ1n) is 9.38. The van der Waals surface area contributed by atoms with Gasteiger partial charge < -0.3 is 9.32 Å². The van der Waals surface area contributed by atoms with E-state index in [0.29, 0.717) is 18.7 Å². The van der Waals surface area contributed by atoms with Crippen molar-refractivity contribution in [3.05, 3.63) is 53.5 Å². The maximum absolute atomic E-state index is 12.9. The maximum Gasteiger partial charge on any atom is 0.255 e. The SMILES string of the molecule is Cc1ccc(C(=O)N2CCc3c(c(-c4cocn4)nn3CC3CC3)C2)cn1. The van der Waals surface area contributed by atoms with Crippen LogP contribution >= 0.6 is 0 Å². The average Bonchev–Trinajstić information content (AvgIpc) is 3.20. The molecule has 138 valence electrons. The van der Waals surface area contributed by atoms with E-state index in [-0.39, 0.29) is 5.91 Å². The largest absolute Gasteiger partial charge is 0.451 e. The Hall–Kier alpha value is -2.96. The molecule has 0 atom stereocenters. The summed E-state index contributed by atoms with van der Waals surface area (Å²) in [5, 5.41) is 4.84. The first kappa shape index (κ1) is 16.2. The van der Waals surface area contributed by atoms with Gasteiger partial charge in [0.2, 0.25) is 0 Å². The molecule has 4 heterocycles. The lowest BCUT2D eigenvalue weighted by molar-refractivity contribution is 0.0733. The number of oxazole rings is 1. The highest BCUT2D eigenvalue weighted by Crippen LogP contribution is 2.34. The molecule has 1 aliphatic heterocycles. The van der Waals surface area contributed by atoms with Gasteiger partial charge in [-0.15, -0.1) is 0 Å². The first-order valence-corrected chi connectivity index (χ1v) is 9.38. The summed E-state index contributed by atoms with van der Waals surface area (Å²) in [7, 11) is 0. The average molecular weight is 363 g/mol. The van der Waals surface area contributed by atoms with Crippen LogP contribution in [0.15, 0.2) is 35.4 Å². The Kier molecular flexibility index (Phi) is 3.81. The third-order valence-corrected chi connectivity index (χ3v) is 5.38. The fourth-order valence-electron chi connectivity index (χ4n) is 3.67. The van der Waals surface area contributed by atoms with E-state index >= 15 is 0 Å². The molecule has 7 heteroatoms. The number of nitrogens with zero attached hydrogens (tertiary/aromatic N) is 5. The summed E-state index contributed by atoms with van der Waals surface area (Å²) in [5.41, 5.74) is 5.40. The van der Waals surface area contributed by atoms with Gasteiger partial charge in [-0.05, 0) is 37.8 Å². The van der Waals surface area contributed by atoms with E-state index in [1.165, 1.54) is 24.9 Å². The summed E-state index contributed by atoms with van der Waals surface area (Å²) in [6, 6.07) is 3.71. The van der Waals surface area contributed by atoms with Gasteiger partial charge in [0.05, 0.1) is 12.1 Å². The molecule has 2 aliphatic rings. The van der Waals surface area contributed by atoms with Crippen molar-refractivity contribution in [1.29, 1.82) is 0 Å². The Morgan fingerprint density at radius 3 is 2.89 bits per heavy atom. The highest BCUT2D eigenvalue weighted by molar-refractivity contribution is 5.94. The van der Waals surface area contributed by atoms with Crippen molar-refractivity contribution < 1.29 is 9.21 Å². The van der Waals surface area contributed by atoms with Crippen molar-refractivity contribution in [2.75, 3.05) is 6.54 Å². The molecule has 0 N–H and O–H groups in total. The molecule has 0 radical (unpaired) electrons. The van der Waals surface area contributed by atoms with Crippen LogP contribution in [-0.4, -0.2) is 37.1 Å². The van der Waals surface area contributed by atoms with Crippen LogP contribution in [0.4, 0.5) is 0 Å².